The molecule has 0 aliphatic carbocycles. The predicted octanol–water partition coefficient (Wildman–Crippen LogP) is 2.48. The number of hydrogen-bond acceptors (Lipinski definition) is 3. The number of thiocarbonyl (C=S) groups is 1. The van der Waals surface area contributed by atoms with Crippen molar-refractivity contribution in [3.63, 3.8) is 0 Å². The van der Waals surface area contributed by atoms with Gasteiger partial charge in [-0.3, -0.25) is 0 Å². The van der Waals surface area contributed by atoms with Crippen molar-refractivity contribution in [2.75, 3.05) is 26.8 Å². The van der Waals surface area contributed by atoms with Gasteiger partial charge in [-0.1, -0.05) is 6.07 Å². The van der Waals surface area contributed by atoms with Crippen LogP contribution >= 0.6 is 23.6 Å². The van der Waals surface area contributed by atoms with Crippen LogP contribution in [0, 0.1) is 0 Å². The molecule has 96 valence electrons. The minimum absolute atomic E-state index is 0.780. The van der Waals surface area contributed by atoms with E-state index in [0.717, 1.165) is 37.8 Å². The highest BCUT2D eigenvalue weighted by atomic mass is 32.1. The molecule has 1 N–H and O–H groups in total. The van der Waals surface area contributed by atoms with Gasteiger partial charge in [0.2, 0.25) is 0 Å². The molecular weight excluding hydrogens is 252 g/mol. The Morgan fingerprint density at radius 3 is 3.06 bits per heavy atom. The summed E-state index contributed by atoms with van der Waals surface area (Å²) < 4.78 is 5.27. The zero-order valence-electron chi connectivity index (χ0n) is 10.4. The number of thiophene rings is 1. The van der Waals surface area contributed by atoms with Gasteiger partial charge in [-0.05, 0) is 37.0 Å². The van der Waals surface area contributed by atoms with Crippen molar-refractivity contribution in [1.29, 1.82) is 0 Å². The first-order valence-corrected chi connectivity index (χ1v) is 7.12. The van der Waals surface area contributed by atoms with E-state index in [1.54, 1.807) is 11.3 Å². The lowest BCUT2D eigenvalue weighted by Gasteiger charge is -2.20. The highest BCUT2D eigenvalue weighted by molar-refractivity contribution is 7.80. The minimum Gasteiger partial charge on any atom is -0.382 e. The average Bonchev–Trinajstić information content (AvgIpc) is 2.81. The second-order valence-corrected chi connectivity index (χ2v) is 5.14. The maximum absolute atomic E-state index is 5.31. The molecule has 0 aliphatic heterocycles. The Bertz CT molecular complexity index is 314. The van der Waals surface area contributed by atoms with E-state index in [-0.39, 0.29) is 0 Å². The Hall–Kier alpha value is -0.650. The number of hydrogen-bond donors (Lipinski definition) is 1. The molecule has 3 nitrogen and oxygen atoms in total. The summed E-state index contributed by atoms with van der Waals surface area (Å²) in [6.45, 7) is 5.32. The van der Waals surface area contributed by atoms with Gasteiger partial charge >= 0.3 is 0 Å². The van der Waals surface area contributed by atoms with E-state index in [9.17, 15) is 0 Å². The molecule has 1 rings (SSSR count). The fourth-order valence-electron chi connectivity index (χ4n) is 1.36. The Labute approximate surface area is 113 Å². The fourth-order valence-corrected chi connectivity index (χ4v) is 2.28. The first-order valence-electron chi connectivity index (χ1n) is 5.83. The normalized spacial score (nSPS) is 10.2. The van der Waals surface area contributed by atoms with Crippen LogP contribution in [0.2, 0.25) is 0 Å². The van der Waals surface area contributed by atoms with Gasteiger partial charge in [0, 0.05) is 31.7 Å². The topological polar surface area (TPSA) is 24.5 Å². The molecule has 0 aromatic carbocycles. The molecule has 1 aromatic rings. The Morgan fingerprint density at radius 2 is 2.41 bits per heavy atom. The van der Waals surface area contributed by atoms with Gasteiger partial charge in [0.1, 0.15) is 0 Å². The molecule has 0 fully saturated rings. The van der Waals surface area contributed by atoms with E-state index in [4.69, 9.17) is 17.0 Å². The van der Waals surface area contributed by atoms with Crippen LogP contribution in [0.5, 0.6) is 0 Å². The summed E-state index contributed by atoms with van der Waals surface area (Å²) in [6, 6.07) is 4.19. The lowest BCUT2D eigenvalue weighted by atomic mass is 10.4. The summed E-state index contributed by atoms with van der Waals surface area (Å²) in [4.78, 5) is 3.38. The molecule has 0 unspecified atom stereocenters. The summed E-state index contributed by atoms with van der Waals surface area (Å²) in [7, 11) is 2.01. The average molecular weight is 272 g/mol. The maximum Gasteiger partial charge on any atom is 0.169 e. The van der Waals surface area contributed by atoms with Gasteiger partial charge in [-0.15, -0.1) is 11.3 Å². The molecule has 0 saturated heterocycles. The Balaban J connectivity index is 2.14. The van der Waals surface area contributed by atoms with Crippen LogP contribution in [0.15, 0.2) is 17.5 Å². The van der Waals surface area contributed by atoms with E-state index in [1.165, 1.54) is 4.88 Å². The predicted molar refractivity (Wildman–Crippen MR) is 77.5 cm³/mol. The summed E-state index contributed by atoms with van der Waals surface area (Å²) in [6.07, 6.45) is 0.987. The lowest BCUT2D eigenvalue weighted by Crippen LogP contribution is -2.37. The van der Waals surface area contributed by atoms with Crippen LogP contribution in [-0.2, 0) is 11.3 Å². The van der Waals surface area contributed by atoms with E-state index in [1.807, 2.05) is 14.0 Å². The SMILES string of the molecule is CCOCCCNC(=S)N(C)Cc1cccs1. The molecule has 0 atom stereocenters. The third-order valence-electron chi connectivity index (χ3n) is 2.27. The monoisotopic (exact) mass is 272 g/mol. The van der Waals surface area contributed by atoms with E-state index >= 15 is 0 Å². The van der Waals surface area contributed by atoms with Gasteiger partial charge in [0.15, 0.2) is 5.11 Å². The Kier molecular flexibility index (Phi) is 7.16. The highest BCUT2D eigenvalue weighted by Crippen LogP contribution is 2.10. The van der Waals surface area contributed by atoms with Crippen molar-refractivity contribution in [3.05, 3.63) is 22.4 Å². The molecule has 1 heterocycles. The molecule has 1 aromatic heterocycles. The lowest BCUT2D eigenvalue weighted by molar-refractivity contribution is 0.145. The second-order valence-electron chi connectivity index (χ2n) is 3.72. The van der Waals surface area contributed by atoms with Gasteiger partial charge in [-0.2, -0.15) is 0 Å². The molecule has 5 heteroatoms. The molecule has 0 saturated carbocycles. The number of nitrogens with one attached hydrogen (secondary N) is 1. The smallest absolute Gasteiger partial charge is 0.169 e. The first kappa shape index (κ1) is 14.4. The molecule has 0 spiro atoms. The van der Waals surface area contributed by atoms with Crippen molar-refractivity contribution in [1.82, 2.24) is 10.2 Å². The van der Waals surface area contributed by atoms with Gasteiger partial charge in [0.05, 0.1) is 6.54 Å². The van der Waals surface area contributed by atoms with Crippen molar-refractivity contribution >= 4 is 28.7 Å². The van der Waals surface area contributed by atoms with Crippen LogP contribution in [0.4, 0.5) is 0 Å². The number of nitrogens with zero attached hydrogens (tertiary/aromatic N) is 1. The zero-order valence-corrected chi connectivity index (χ0v) is 12.1. The molecule has 0 aliphatic rings. The molecular formula is C12H20N2OS2. The van der Waals surface area contributed by atoms with E-state index < -0.39 is 0 Å². The van der Waals surface area contributed by atoms with Crippen molar-refractivity contribution in [3.8, 4) is 0 Å². The molecule has 0 radical (unpaired) electrons. The van der Waals surface area contributed by atoms with Crippen LogP contribution < -0.4 is 5.32 Å². The van der Waals surface area contributed by atoms with Gasteiger partial charge in [0.25, 0.3) is 0 Å². The quantitative estimate of drug-likeness (QED) is 0.609. The fraction of sp³-hybridized carbons (Fsp3) is 0.583. The summed E-state index contributed by atoms with van der Waals surface area (Å²) in [5.41, 5.74) is 0. The van der Waals surface area contributed by atoms with Crippen LogP contribution in [0.3, 0.4) is 0 Å². The first-order chi connectivity index (χ1) is 8.24. The minimum atomic E-state index is 0.780. The van der Waals surface area contributed by atoms with E-state index in [0.29, 0.717) is 0 Å². The third kappa shape index (κ3) is 6.00. The summed E-state index contributed by atoms with van der Waals surface area (Å²) in [5.74, 6) is 0. The van der Waals surface area contributed by atoms with Crippen LogP contribution in [0.1, 0.15) is 18.2 Å². The van der Waals surface area contributed by atoms with Crippen LogP contribution in [-0.4, -0.2) is 36.8 Å². The van der Waals surface area contributed by atoms with Crippen molar-refractivity contribution < 1.29 is 4.74 Å². The maximum atomic E-state index is 5.31. The molecule has 17 heavy (non-hydrogen) atoms. The largest absolute Gasteiger partial charge is 0.382 e. The third-order valence-corrected chi connectivity index (χ3v) is 3.58. The van der Waals surface area contributed by atoms with E-state index in [2.05, 4.69) is 27.7 Å². The van der Waals surface area contributed by atoms with Crippen molar-refractivity contribution in [2.45, 2.75) is 19.9 Å². The number of rotatable bonds is 7. The zero-order chi connectivity index (χ0) is 12.5. The van der Waals surface area contributed by atoms with Crippen molar-refractivity contribution in [2.24, 2.45) is 0 Å². The second kappa shape index (κ2) is 8.44. The Morgan fingerprint density at radius 1 is 1.59 bits per heavy atom. The highest BCUT2D eigenvalue weighted by Gasteiger charge is 2.04. The van der Waals surface area contributed by atoms with Crippen LogP contribution in [0.25, 0.3) is 0 Å². The summed E-state index contributed by atoms with van der Waals surface area (Å²) >= 11 is 7.06. The number of ether oxygens (including phenoxy) is 1. The van der Waals surface area contributed by atoms with Gasteiger partial charge in [-0.25, -0.2) is 0 Å². The van der Waals surface area contributed by atoms with Gasteiger partial charge < -0.3 is 15.0 Å². The standard InChI is InChI=1S/C12H20N2OS2/c1-3-15-8-5-7-13-12(16)14(2)10-11-6-4-9-17-11/h4,6,9H,3,5,7-8,10H2,1-2H3,(H,13,16). The molecule has 0 amide bonds. The molecule has 0 bridgehead atoms. The summed E-state index contributed by atoms with van der Waals surface area (Å²) in [5, 5.41) is 6.12.